The van der Waals surface area contributed by atoms with Crippen LogP contribution in [-0.4, -0.2) is 26.2 Å². The van der Waals surface area contributed by atoms with Gasteiger partial charge in [-0.3, -0.25) is 4.79 Å². The molecule has 2 aromatic carbocycles. The van der Waals surface area contributed by atoms with E-state index in [1.807, 2.05) is 55.5 Å². The zero-order valence-electron chi connectivity index (χ0n) is 13.3. The quantitative estimate of drug-likeness (QED) is 0.864. The molecule has 2 aromatic rings. The molecule has 0 aliphatic rings. The van der Waals surface area contributed by atoms with Crippen LogP contribution >= 0.6 is 0 Å². The fourth-order valence-corrected chi connectivity index (χ4v) is 1.80. The third kappa shape index (κ3) is 5.76. The molecular formula is C19H19NO3. The van der Waals surface area contributed by atoms with Crippen LogP contribution in [0.15, 0.2) is 48.5 Å². The van der Waals surface area contributed by atoms with Crippen molar-refractivity contribution in [1.82, 2.24) is 5.32 Å². The van der Waals surface area contributed by atoms with Crippen LogP contribution < -0.4 is 14.8 Å². The normalized spacial score (nSPS) is 9.48. The first kappa shape index (κ1) is 16.4. The molecule has 0 saturated heterocycles. The van der Waals surface area contributed by atoms with Crippen LogP contribution in [0.3, 0.4) is 0 Å². The fraction of sp³-hybridized carbons (Fsp3) is 0.211. The smallest absolute Gasteiger partial charge is 0.258 e. The summed E-state index contributed by atoms with van der Waals surface area (Å²) in [5, 5.41) is 2.69. The van der Waals surface area contributed by atoms with Crippen LogP contribution in [0.5, 0.6) is 11.5 Å². The van der Waals surface area contributed by atoms with Gasteiger partial charge in [0.25, 0.3) is 5.91 Å². The summed E-state index contributed by atoms with van der Waals surface area (Å²) in [5.74, 6) is 7.13. The highest BCUT2D eigenvalue weighted by Gasteiger charge is 2.00. The predicted molar refractivity (Wildman–Crippen MR) is 89.6 cm³/mol. The standard InChI is InChI=1S/C19H19NO3/c1-15-5-9-18(10-6-15)23-14-19(21)20-13-3-4-16-7-11-17(22-2)12-8-16/h5-12H,13-14H2,1-2H3,(H,20,21). The van der Waals surface area contributed by atoms with E-state index in [-0.39, 0.29) is 19.1 Å². The lowest BCUT2D eigenvalue weighted by Gasteiger charge is -2.05. The van der Waals surface area contributed by atoms with E-state index in [1.54, 1.807) is 7.11 Å². The predicted octanol–water partition coefficient (Wildman–Crippen LogP) is 2.55. The summed E-state index contributed by atoms with van der Waals surface area (Å²) in [4.78, 5) is 11.7. The van der Waals surface area contributed by atoms with Crippen LogP contribution in [0.2, 0.25) is 0 Å². The van der Waals surface area contributed by atoms with Gasteiger partial charge in [-0.2, -0.15) is 0 Å². The molecule has 4 heteroatoms. The summed E-state index contributed by atoms with van der Waals surface area (Å²) in [5.41, 5.74) is 2.02. The van der Waals surface area contributed by atoms with Crippen molar-refractivity contribution in [3.63, 3.8) is 0 Å². The van der Waals surface area contributed by atoms with Gasteiger partial charge in [-0.1, -0.05) is 29.5 Å². The van der Waals surface area contributed by atoms with E-state index in [9.17, 15) is 4.79 Å². The topological polar surface area (TPSA) is 47.6 Å². The van der Waals surface area contributed by atoms with Gasteiger partial charge in [0.15, 0.2) is 6.61 Å². The summed E-state index contributed by atoms with van der Waals surface area (Å²) in [7, 11) is 1.62. The Balaban J connectivity index is 1.72. The molecule has 0 heterocycles. The molecule has 0 aliphatic heterocycles. The zero-order chi connectivity index (χ0) is 16.5. The summed E-state index contributed by atoms with van der Waals surface area (Å²) < 4.78 is 10.5. The van der Waals surface area contributed by atoms with E-state index in [0.29, 0.717) is 5.75 Å². The van der Waals surface area contributed by atoms with Gasteiger partial charge in [-0.15, -0.1) is 0 Å². The van der Waals surface area contributed by atoms with Gasteiger partial charge in [-0.25, -0.2) is 0 Å². The maximum absolute atomic E-state index is 11.7. The lowest BCUT2D eigenvalue weighted by atomic mass is 10.2. The zero-order valence-corrected chi connectivity index (χ0v) is 13.3. The molecule has 0 fully saturated rings. The van der Waals surface area contributed by atoms with E-state index >= 15 is 0 Å². The minimum Gasteiger partial charge on any atom is -0.497 e. The van der Waals surface area contributed by atoms with Crippen molar-refractivity contribution < 1.29 is 14.3 Å². The number of ether oxygens (including phenoxy) is 2. The van der Waals surface area contributed by atoms with E-state index in [1.165, 1.54) is 0 Å². The highest BCUT2D eigenvalue weighted by atomic mass is 16.5. The Morgan fingerprint density at radius 1 is 1.04 bits per heavy atom. The summed E-state index contributed by atoms with van der Waals surface area (Å²) >= 11 is 0. The highest BCUT2D eigenvalue weighted by molar-refractivity contribution is 5.77. The average molecular weight is 309 g/mol. The number of nitrogens with one attached hydrogen (secondary N) is 1. The molecule has 0 bridgehead atoms. The van der Waals surface area contributed by atoms with Crippen molar-refractivity contribution in [3.05, 3.63) is 59.7 Å². The number of carbonyl (C=O) groups excluding carboxylic acids is 1. The number of aryl methyl sites for hydroxylation is 1. The second kappa shape index (κ2) is 8.50. The highest BCUT2D eigenvalue weighted by Crippen LogP contribution is 2.11. The molecule has 1 amide bonds. The Hall–Kier alpha value is -2.93. The number of amides is 1. The maximum Gasteiger partial charge on any atom is 0.258 e. The van der Waals surface area contributed by atoms with Gasteiger partial charge in [-0.05, 0) is 43.3 Å². The molecule has 0 unspecified atom stereocenters. The fourth-order valence-electron chi connectivity index (χ4n) is 1.80. The first-order valence-corrected chi connectivity index (χ1v) is 7.26. The Morgan fingerprint density at radius 3 is 2.35 bits per heavy atom. The van der Waals surface area contributed by atoms with Gasteiger partial charge in [0.1, 0.15) is 11.5 Å². The van der Waals surface area contributed by atoms with Gasteiger partial charge in [0, 0.05) is 5.56 Å². The monoisotopic (exact) mass is 309 g/mol. The number of hydrogen-bond donors (Lipinski definition) is 1. The molecule has 0 radical (unpaired) electrons. The maximum atomic E-state index is 11.7. The molecule has 118 valence electrons. The molecule has 0 aromatic heterocycles. The Kier molecular flexibility index (Phi) is 6.07. The van der Waals surface area contributed by atoms with E-state index in [4.69, 9.17) is 9.47 Å². The first-order valence-electron chi connectivity index (χ1n) is 7.26. The first-order chi connectivity index (χ1) is 11.2. The number of benzene rings is 2. The van der Waals surface area contributed by atoms with Crippen molar-refractivity contribution in [1.29, 1.82) is 0 Å². The summed E-state index contributed by atoms with van der Waals surface area (Å²) in [6.45, 7) is 2.26. The minimum absolute atomic E-state index is 0.0206. The number of rotatable bonds is 5. The van der Waals surface area contributed by atoms with Crippen molar-refractivity contribution in [2.45, 2.75) is 6.92 Å². The number of hydrogen-bond acceptors (Lipinski definition) is 3. The number of methoxy groups -OCH3 is 1. The van der Waals surface area contributed by atoms with Crippen LogP contribution in [0.25, 0.3) is 0 Å². The van der Waals surface area contributed by atoms with E-state index in [0.717, 1.165) is 16.9 Å². The molecule has 0 aliphatic carbocycles. The van der Waals surface area contributed by atoms with Crippen molar-refractivity contribution >= 4 is 5.91 Å². The molecule has 4 nitrogen and oxygen atoms in total. The third-order valence-corrected chi connectivity index (χ3v) is 3.09. The molecule has 0 spiro atoms. The van der Waals surface area contributed by atoms with Gasteiger partial charge in [0.2, 0.25) is 0 Å². The lowest BCUT2D eigenvalue weighted by molar-refractivity contribution is -0.122. The van der Waals surface area contributed by atoms with Crippen molar-refractivity contribution in [2.75, 3.05) is 20.3 Å². The Morgan fingerprint density at radius 2 is 1.70 bits per heavy atom. The molecule has 0 atom stereocenters. The SMILES string of the molecule is COc1ccc(C#CCNC(=O)COc2ccc(C)cc2)cc1. The third-order valence-electron chi connectivity index (χ3n) is 3.09. The molecule has 1 N–H and O–H groups in total. The second-order valence-corrected chi connectivity index (χ2v) is 4.91. The average Bonchev–Trinajstić information content (AvgIpc) is 2.59. The molecule has 2 rings (SSSR count). The van der Waals surface area contributed by atoms with Gasteiger partial charge in [0.05, 0.1) is 13.7 Å². The molecular weight excluding hydrogens is 290 g/mol. The van der Waals surface area contributed by atoms with Crippen LogP contribution in [0.4, 0.5) is 0 Å². The molecule has 23 heavy (non-hydrogen) atoms. The largest absolute Gasteiger partial charge is 0.497 e. The van der Waals surface area contributed by atoms with Crippen LogP contribution in [0, 0.1) is 18.8 Å². The lowest BCUT2D eigenvalue weighted by Crippen LogP contribution is -2.29. The molecule has 0 saturated carbocycles. The van der Waals surface area contributed by atoms with Crippen LogP contribution in [-0.2, 0) is 4.79 Å². The van der Waals surface area contributed by atoms with Crippen LogP contribution in [0.1, 0.15) is 11.1 Å². The van der Waals surface area contributed by atoms with Gasteiger partial charge >= 0.3 is 0 Å². The van der Waals surface area contributed by atoms with Crippen molar-refractivity contribution in [2.24, 2.45) is 0 Å². The van der Waals surface area contributed by atoms with E-state index in [2.05, 4.69) is 17.2 Å². The minimum atomic E-state index is -0.199. The Bertz CT molecular complexity index is 694. The van der Waals surface area contributed by atoms with E-state index < -0.39 is 0 Å². The summed E-state index contributed by atoms with van der Waals surface area (Å²) in [6, 6.07) is 15.0. The second-order valence-electron chi connectivity index (χ2n) is 4.91. The van der Waals surface area contributed by atoms with Gasteiger partial charge < -0.3 is 14.8 Å². The Labute approximate surface area is 136 Å². The van der Waals surface area contributed by atoms with Crippen molar-refractivity contribution in [3.8, 4) is 23.3 Å². The number of carbonyl (C=O) groups is 1. The summed E-state index contributed by atoms with van der Waals surface area (Å²) in [6.07, 6.45) is 0.